The molecule has 26 heavy (non-hydrogen) atoms. The van der Waals surface area contributed by atoms with E-state index in [0.29, 0.717) is 17.9 Å². The van der Waals surface area contributed by atoms with E-state index < -0.39 is 21.9 Å². The number of nitrogens with zero attached hydrogens (tertiary/aromatic N) is 1. The number of halogens is 1. The molecule has 0 unspecified atom stereocenters. The molecule has 0 atom stereocenters. The monoisotopic (exact) mass is 395 g/mol. The standard InChI is InChI=1S/C16H14FN3O4S2/c1-2-24-11-6-7-13-14(9-11)25-16(18-13)19-15(21)20-26(22,23)12-5-3-4-10(17)8-12/h3-9H,2H2,1H3,(H2,18,19,20,21). The van der Waals surface area contributed by atoms with E-state index in [2.05, 4.69) is 10.3 Å². The number of fused-ring (bicyclic) bond motifs is 1. The second-order valence-corrected chi connectivity index (χ2v) is 7.81. The normalized spacial score (nSPS) is 11.3. The number of hydrogen-bond acceptors (Lipinski definition) is 6. The third kappa shape index (κ3) is 4.09. The highest BCUT2D eigenvalue weighted by Gasteiger charge is 2.19. The molecule has 0 fully saturated rings. The summed E-state index contributed by atoms with van der Waals surface area (Å²) in [5.41, 5.74) is 0.641. The molecule has 1 aromatic heterocycles. The summed E-state index contributed by atoms with van der Waals surface area (Å²) in [6, 6.07) is 8.64. The van der Waals surface area contributed by atoms with Crippen LogP contribution in [0.4, 0.5) is 14.3 Å². The van der Waals surface area contributed by atoms with Gasteiger partial charge in [0.1, 0.15) is 11.6 Å². The van der Waals surface area contributed by atoms with Crippen LogP contribution in [0.1, 0.15) is 6.92 Å². The van der Waals surface area contributed by atoms with Gasteiger partial charge in [-0.3, -0.25) is 5.32 Å². The number of carbonyl (C=O) groups excluding carboxylic acids is 1. The third-order valence-electron chi connectivity index (χ3n) is 3.22. The molecule has 0 bridgehead atoms. The number of nitrogens with one attached hydrogen (secondary N) is 2. The summed E-state index contributed by atoms with van der Waals surface area (Å²) in [5, 5.41) is 2.59. The lowest BCUT2D eigenvalue weighted by atomic mass is 10.3. The summed E-state index contributed by atoms with van der Waals surface area (Å²) < 4.78 is 45.4. The number of hydrogen-bond donors (Lipinski definition) is 2. The van der Waals surface area contributed by atoms with Crippen molar-refractivity contribution in [1.82, 2.24) is 9.71 Å². The molecule has 0 saturated carbocycles. The Balaban J connectivity index is 1.74. The lowest BCUT2D eigenvalue weighted by Gasteiger charge is -2.06. The van der Waals surface area contributed by atoms with Gasteiger partial charge < -0.3 is 4.74 Å². The zero-order valence-electron chi connectivity index (χ0n) is 13.5. The Bertz CT molecular complexity index is 1070. The number of urea groups is 1. The largest absolute Gasteiger partial charge is 0.494 e. The van der Waals surface area contributed by atoms with Crippen LogP contribution in [0.3, 0.4) is 0 Å². The van der Waals surface area contributed by atoms with Crippen molar-refractivity contribution in [3.05, 3.63) is 48.3 Å². The average Bonchev–Trinajstić information content (AvgIpc) is 2.96. The Morgan fingerprint density at radius 2 is 2.08 bits per heavy atom. The smallest absolute Gasteiger partial charge is 0.334 e. The molecule has 3 rings (SSSR count). The zero-order valence-corrected chi connectivity index (χ0v) is 15.2. The molecule has 3 aromatic rings. The van der Waals surface area contributed by atoms with Crippen LogP contribution in [-0.2, 0) is 10.0 Å². The van der Waals surface area contributed by atoms with Crippen LogP contribution < -0.4 is 14.8 Å². The van der Waals surface area contributed by atoms with Gasteiger partial charge in [-0.05, 0) is 43.3 Å². The Labute approximate surface area is 152 Å². The fraction of sp³-hybridized carbons (Fsp3) is 0.125. The van der Waals surface area contributed by atoms with Gasteiger partial charge in [-0.2, -0.15) is 0 Å². The van der Waals surface area contributed by atoms with Crippen molar-refractivity contribution in [2.75, 3.05) is 11.9 Å². The molecule has 10 heteroatoms. The minimum atomic E-state index is -4.19. The Hall–Kier alpha value is -2.72. The molecule has 0 aliphatic carbocycles. The molecular weight excluding hydrogens is 381 g/mol. The molecule has 0 aliphatic rings. The van der Waals surface area contributed by atoms with E-state index in [1.807, 2.05) is 11.6 Å². The van der Waals surface area contributed by atoms with E-state index in [4.69, 9.17) is 4.74 Å². The quantitative estimate of drug-likeness (QED) is 0.691. The number of benzene rings is 2. The molecule has 0 aliphatic heterocycles. The SMILES string of the molecule is CCOc1ccc2nc(NC(=O)NS(=O)(=O)c3cccc(F)c3)sc2c1. The van der Waals surface area contributed by atoms with Crippen LogP contribution in [0, 0.1) is 5.82 Å². The molecule has 2 aromatic carbocycles. The van der Waals surface area contributed by atoms with Gasteiger partial charge in [0.25, 0.3) is 10.0 Å². The molecule has 2 amide bonds. The first kappa shape index (κ1) is 18.1. The molecule has 0 spiro atoms. The average molecular weight is 395 g/mol. The number of rotatable bonds is 5. The van der Waals surface area contributed by atoms with E-state index in [-0.39, 0.29) is 10.0 Å². The number of carbonyl (C=O) groups is 1. The first-order valence-electron chi connectivity index (χ1n) is 7.50. The highest BCUT2D eigenvalue weighted by molar-refractivity contribution is 7.90. The van der Waals surface area contributed by atoms with Gasteiger partial charge in [-0.1, -0.05) is 17.4 Å². The molecule has 0 saturated heterocycles. The molecule has 136 valence electrons. The van der Waals surface area contributed by atoms with Gasteiger partial charge in [-0.15, -0.1) is 0 Å². The minimum Gasteiger partial charge on any atom is -0.494 e. The third-order valence-corrected chi connectivity index (χ3v) is 5.49. The van der Waals surface area contributed by atoms with Crippen LogP contribution in [-0.4, -0.2) is 26.0 Å². The molecule has 2 N–H and O–H groups in total. The van der Waals surface area contributed by atoms with E-state index in [0.717, 1.165) is 16.8 Å². The first-order valence-corrected chi connectivity index (χ1v) is 9.80. The second-order valence-electron chi connectivity index (χ2n) is 5.10. The fourth-order valence-electron chi connectivity index (χ4n) is 2.15. The van der Waals surface area contributed by atoms with Crippen molar-refractivity contribution in [2.45, 2.75) is 11.8 Å². The highest BCUT2D eigenvalue weighted by atomic mass is 32.2. The number of anilines is 1. The fourth-order valence-corrected chi connectivity index (χ4v) is 3.98. The highest BCUT2D eigenvalue weighted by Crippen LogP contribution is 2.29. The second kappa shape index (κ2) is 7.26. The molecule has 0 radical (unpaired) electrons. The number of aromatic nitrogens is 1. The summed E-state index contributed by atoms with van der Waals surface area (Å²) in [5.74, 6) is -0.0436. The number of ether oxygens (including phenoxy) is 1. The van der Waals surface area contributed by atoms with Crippen molar-refractivity contribution in [1.29, 1.82) is 0 Å². The van der Waals surface area contributed by atoms with Gasteiger partial charge in [-0.25, -0.2) is 27.3 Å². The Morgan fingerprint density at radius 3 is 2.81 bits per heavy atom. The van der Waals surface area contributed by atoms with Crippen molar-refractivity contribution in [3.8, 4) is 5.75 Å². The summed E-state index contributed by atoms with van der Waals surface area (Å²) >= 11 is 1.17. The minimum absolute atomic E-state index is 0.223. The summed E-state index contributed by atoms with van der Waals surface area (Å²) in [4.78, 5) is 15.8. The first-order chi connectivity index (χ1) is 12.4. The number of amides is 2. The van der Waals surface area contributed by atoms with E-state index in [1.54, 1.807) is 18.2 Å². The van der Waals surface area contributed by atoms with Gasteiger partial charge in [0.05, 0.1) is 21.7 Å². The number of sulfonamides is 1. The maximum atomic E-state index is 13.2. The lowest BCUT2D eigenvalue weighted by Crippen LogP contribution is -2.34. The van der Waals surface area contributed by atoms with Gasteiger partial charge >= 0.3 is 6.03 Å². The lowest BCUT2D eigenvalue weighted by molar-refractivity contribution is 0.256. The maximum absolute atomic E-state index is 13.2. The van der Waals surface area contributed by atoms with Crippen LogP contribution in [0.5, 0.6) is 5.75 Å². The molecular formula is C16H14FN3O4S2. The molecule has 1 heterocycles. The van der Waals surface area contributed by atoms with Crippen molar-refractivity contribution >= 4 is 42.7 Å². The van der Waals surface area contributed by atoms with Crippen molar-refractivity contribution in [2.24, 2.45) is 0 Å². The van der Waals surface area contributed by atoms with Crippen LogP contribution in [0.2, 0.25) is 0 Å². The Morgan fingerprint density at radius 1 is 1.27 bits per heavy atom. The predicted molar refractivity (Wildman–Crippen MR) is 96.5 cm³/mol. The zero-order chi connectivity index (χ0) is 18.7. The van der Waals surface area contributed by atoms with Crippen molar-refractivity contribution < 1.29 is 22.3 Å². The number of thiazole rings is 1. The topological polar surface area (TPSA) is 97.4 Å². The summed E-state index contributed by atoms with van der Waals surface area (Å²) in [6.45, 7) is 2.39. The van der Waals surface area contributed by atoms with Gasteiger partial charge in [0.2, 0.25) is 0 Å². The molecule has 7 nitrogen and oxygen atoms in total. The van der Waals surface area contributed by atoms with E-state index in [1.165, 1.54) is 23.5 Å². The van der Waals surface area contributed by atoms with Crippen molar-refractivity contribution in [3.63, 3.8) is 0 Å². The van der Waals surface area contributed by atoms with Crippen LogP contribution in [0.25, 0.3) is 10.2 Å². The van der Waals surface area contributed by atoms with Crippen LogP contribution >= 0.6 is 11.3 Å². The maximum Gasteiger partial charge on any atom is 0.334 e. The van der Waals surface area contributed by atoms with Gasteiger partial charge in [0.15, 0.2) is 5.13 Å². The predicted octanol–water partition coefficient (Wildman–Crippen LogP) is 3.34. The summed E-state index contributed by atoms with van der Waals surface area (Å²) in [6.07, 6.45) is 0. The van der Waals surface area contributed by atoms with E-state index in [9.17, 15) is 17.6 Å². The van der Waals surface area contributed by atoms with Gasteiger partial charge in [0, 0.05) is 0 Å². The Kier molecular flexibility index (Phi) is 5.05. The van der Waals surface area contributed by atoms with Crippen LogP contribution in [0.15, 0.2) is 47.4 Å². The van der Waals surface area contributed by atoms with E-state index >= 15 is 0 Å². The summed E-state index contributed by atoms with van der Waals surface area (Å²) in [7, 11) is -4.19.